The van der Waals surface area contributed by atoms with E-state index < -0.39 is 0 Å². The smallest absolute Gasteiger partial charge is 0.0583 e. The fraction of sp³-hybridized carbons (Fsp3) is 0.143. The molecule has 0 aromatic carbocycles. The molecule has 0 aliphatic rings. The molecule has 0 spiro atoms. The Morgan fingerprint density at radius 2 is 2.30 bits per heavy atom. The van der Waals surface area contributed by atoms with Gasteiger partial charge in [-0.15, -0.1) is 0 Å². The van der Waals surface area contributed by atoms with Crippen LogP contribution in [0.2, 0.25) is 0 Å². The molecule has 0 N–H and O–H groups in total. The first kappa shape index (κ1) is 5.80. The van der Waals surface area contributed by atoms with Gasteiger partial charge in [0.15, 0.2) is 0 Å². The first-order valence-corrected chi connectivity index (χ1v) is 3.80. The summed E-state index contributed by atoms with van der Waals surface area (Å²) in [5, 5.41) is 1.13. The molecule has 2 heterocycles. The average molecular weight is 150 g/mol. The maximum absolute atomic E-state index is 4.15. The summed E-state index contributed by atoms with van der Waals surface area (Å²) in [6, 6.07) is 2.05. The van der Waals surface area contributed by atoms with E-state index >= 15 is 0 Å². The van der Waals surface area contributed by atoms with Crippen molar-refractivity contribution in [3.05, 3.63) is 24.2 Å². The van der Waals surface area contributed by atoms with Gasteiger partial charge in [-0.2, -0.15) is 4.37 Å². The van der Waals surface area contributed by atoms with Crippen LogP contribution in [0.5, 0.6) is 0 Å². The van der Waals surface area contributed by atoms with Gasteiger partial charge in [0.05, 0.1) is 10.9 Å². The predicted octanol–water partition coefficient (Wildman–Crippen LogP) is 2.00. The van der Waals surface area contributed by atoms with Gasteiger partial charge in [0.1, 0.15) is 0 Å². The van der Waals surface area contributed by atoms with Crippen molar-refractivity contribution in [3.63, 3.8) is 0 Å². The quantitative estimate of drug-likeness (QED) is 0.574. The Bertz CT molecular complexity index is 353. The van der Waals surface area contributed by atoms with Gasteiger partial charge >= 0.3 is 0 Å². The zero-order valence-electron chi connectivity index (χ0n) is 5.53. The minimum atomic E-state index is 1.05. The van der Waals surface area contributed by atoms with Crippen molar-refractivity contribution < 1.29 is 0 Å². The van der Waals surface area contributed by atoms with Crippen LogP contribution in [0.3, 0.4) is 0 Å². The molecule has 0 atom stereocenters. The Kier molecular flexibility index (Phi) is 1.17. The molecular formula is C7H6N2S. The van der Waals surface area contributed by atoms with Gasteiger partial charge in [-0.1, -0.05) is 0 Å². The molecule has 2 rings (SSSR count). The van der Waals surface area contributed by atoms with Crippen LogP contribution in [-0.4, -0.2) is 9.36 Å². The maximum Gasteiger partial charge on any atom is 0.0583 e. The standard InChI is InChI=1S/C7H6N2S/c1-5-2-7-6(3-8-5)4-9-10-7/h2-4H,1H3. The molecular weight excluding hydrogens is 144 g/mol. The van der Waals surface area contributed by atoms with Crippen LogP contribution < -0.4 is 0 Å². The summed E-state index contributed by atoms with van der Waals surface area (Å²) in [6.45, 7) is 1.99. The zero-order chi connectivity index (χ0) is 6.97. The van der Waals surface area contributed by atoms with Crippen LogP contribution in [0.4, 0.5) is 0 Å². The lowest BCUT2D eigenvalue weighted by molar-refractivity contribution is 1.23. The summed E-state index contributed by atoms with van der Waals surface area (Å²) in [5.41, 5.74) is 1.05. The second-order valence-corrected chi connectivity index (χ2v) is 3.02. The Morgan fingerprint density at radius 3 is 3.20 bits per heavy atom. The number of hydrogen-bond acceptors (Lipinski definition) is 3. The molecule has 0 fully saturated rings. The van der Waals surface area contributed by atoms with E-state index in [-0.39, 0.29) is 0 Å². The number of aromatic nitrogens is 2. The van der Waals surface area contributed by atoms with E-state index in [4.69, 9.17) is 0 Å². The Morgan fingerprint density at radius 1 is 1.40 bits per heavy atom. The highest BCUT2D eigenvalue weighted by atomic mass is 32.1. The van der Waals surface area contributed by atoms with Gasteiger partial charge < -0.3 is 0 Å². The highest BCUT2D eigenvalue weighted by Crippen LogP contribution is 2.16. The van der Waals surface area contributed by atoms with Crippen LogP contribution in [0.15, 0.2) is 18.5 Å². The molecule has 0 unspecified atom stereocenters. The molecule has 0 aliphatic heterocycles. The first-order valence-electron chi connectivity index (χ1n) is 3.03. The molecule has 0 bridgehead atoms. The van der Waals surface area contributed by atoms with Crippen molar-refractivity contribution in [1.29, 1.82) is 0 Å². The Balaban J connectivity index is 2.86. The number of hydrogen-bond donors (Lipinski definition) is 0. The van der Waals surface area contributed by atoms with Gasteiger partial charge in [-0.3, -0.25) is 4.98 Å². The topological polar surface area (TPSA) is 25.8 Å². The molecule has 0 saturated carbocycles. The number of fused-ring (bicyclic) bond motifs is 1. The summed E-state index contributed by atoms with van der Waals surface area (Å²) in [5.74, 6) is 0. The van der Waals surface area contributed by atoms with E-state index in [0.29, 0.717) is 0 Å². The molecule has 0 amide bonds. The van der Waals surface area contributed by atoms with Crippen LogP contribution in [0.25, 0.3) is 10.1 Å². The second-order valence-electron chi connectivity index (χ2n) is 2.19. The maximum atomic E-state index is 4.15. The van der Waals surface area contributed by atoms with E-state index in [1.165, 1.54) is 16.2 Å². The lowest BCUT2D eigenvalue weighted by atomic mass is 10.3. The molecule has 50 valence electrons. The minimum absolute atomic E-state index is 1.05. The summed E-state index contributed by atoms with van der Waals surface area (Å²) in [4.78, 5) is 4.15. The number of pyridine rings is 1. The fourth-order valence-corrected chi connectivity index (χ4v) is 1.58. The second kappa shape index (κ2) is 2.02. The Labute approximate surface area is 62.7 Å². The largest absolute Gasteiger partial charge is 0.261 e. The zero-order valence-corrected chi connectivity index (χ0v) is 6.35. The molecule has 0 aliphatic carbocycles. The summed E-state index contributed by atoms with van der Waals surface area (Å²) in [6.07, 6.45) is 3.70. The third kappa shape index (κ3) is 0.789. The lowest BCUT2D eigenvalue weighted by Crippen LogP contribution is -1.75. The monoisotopic (exact) mass is 150 g/mol. The van der Waals surface area contributed by atoms with Gasteiger partial charge in [-0.05, 0) is 24.5 Å². The summed E-state index contributed by atoms with van der Waals surface area (Å²) < 4.78 is 5.26. The average Bonchev–Trinajstić information content (AvgIpc) is 2.33. The van der Waals surface area contributed by atoms with Crippen molar-refractivity contribution in [2.24, 2.45) is 0 Å². The van der Waals surface area contributed by atoms with E-state index in [1.54, 1.807) is 0 Å². The van der Waals surface area contributed by atoms with E-state index in [1.807, 2.05) is 25.4 Å². The van der Waals surface area contributed by atoms with Gasteiger partial charge in [-0.25, -0.2) is 0 Å². The molecule has 2 aromatic heterocycles. The SMILES string of the molecule is Cc1cc2sncc2cn1. The molecule has 2 nitrogen and oxygen atoms in total. The third-order valence-corrected chi connectivity index (χ3v) is 2.14. The third-order valence-electron chi connectivity index (χ3n) is 1.37. The van der Waals surface area contributed by atoms with Gasteiger partial charge in [0, 0.05) is 17.3 Å². The predicted molar refractivity (Wildman–Crippen MR) is 42.2 cm³/mol. The molecule has 0 radical (unpaired) electrons. The van der Waals surface area contributed by atoms with Crippen molar-refractivity contribution in [2.75, 3.05) is 0 Å². The molecule has 0 saturated heterocycles. The van der Waals surface area contributed by atoms with E-state index in [9.17, 15) is 0 Å². The van der Waals surface area contributed by atoms with Crippen molar-refractivity contribution in [2.45, 2.75) is 6.92 Å². The van der Waals surface area contributed by atoms with E-state index in [2.05, 4.69) is 9.36 Å². The highest BCUT2D eigenvalue weighted by Gasteiger charge is 1.94. The number of aryl methyl sites for hydroxylation is 1. The molecule has 2 aromatic rings. The number of rotatable bonds is 0. The minimum Gasteiger partial charge on any atom is -0.261 e. The van der Waals surface area contributed by atoms with E-state index in [0.717, 1.165) is 11.1 Å². The normalized spacial score (nSPS) is 10.5. The van der Waals surface area contributed by atoms with Gasteiger partial charge in [0.2, 0.25) is 0 Å². The lowest BCUT2D eigenvalue weighted by Gasteiger charge is -1.88. The van der Waals surface area contributed by atoms with Crippen molar-refractivity contribution in [3.8, 4) is 0 Å². The van der Waals surface area contributed by atoms with Crippen LogP contribution in [0.1, 0.15) is 5.69 Å². The molecule has 3 heteroatoms. The number of nitrogens with zero attached hydrogens (tertiary/aromatic N) is 2. The van der Waals surface area contributed by atoms with Crippen LogP contribution in [-0.2, 0) is 0 Å². The summed E-state index contributed by atoms with van der Waals surface area (Å²) in [7, 11) is 0. The summed E-state index contributed by atoms with van der Waals surface area (Å²) >= 11 is 1.51. The van der Waals surface area contributed by atoms with Crippen molar-refractivity contribution in [1.82, 2.24) is 9.36 Å². The van der Waals surface area contributed by atoms with Gasteiger partial charge in [0.25, 0.3) is 0 Å². The Hall–Kier alpha value is -0.960. The van der Waals surface area contributed by atoms with Crippen LogP contribution >= 0.6 is 11.5 Å². The molecule has 10 heavy (non-hydrogen) atoms. The first-order chi connectivity index (χ1) is 4.86. The van der Waals surface area contributed by atoms with Crippen molar-refractivity contribution >= 4 is 21.6 Å². The highest BCUT2D eigenvalue weighted by molar-refractivity contribution is 7.13. The fourth-order valence-electron chi connectivity index (χ4n) is 0.861. The van der Waals surface area contributed by atoms with Crippen LogP contribution in [0, 0.1) is 6.92 Å².